The van der Waals surface area contributed by atoms with Crippen LogP contribution in [0.1, 0.15) is 35.0 Å². The van der Waals surface area contributed by atoms with Crippen molar-refractivity contribution in [2.24, 2.45) is 0 Å². The van der Waals surface area contributed by atoms with Crippen LogP contribution in [0.5, 0.6) is 5.75 Å². The van der Waals surface area contributed by atoms with E-state index >= 15 is 0 Å². The fourth-order valence-corrected chi connectivity index (χ4v) is 5.46. The number of nitrogens with zero attached hydrogens (tertiary/aromatic N) is 1. The Labute approximate surface area is 191 Å². The maximum absolute atomic E-state index is 13.3. The summed E-state index contributed by atoms with van der Waals surface area (Å²) in [6.45, 7) is 5.95. The molecule has 1 fully saturated rings. The molecule has 0 unspecified atom stereocenters. The quantitative estimate of drug-likeness (QED) is 0.411. The summed E-state index contributed by atoms with van der Waals surface area (Å²) in [6.07, 6.45) is 4.04. The van der Waals surface area contributed by atoms with Crippen molar-refractivity contribution in [3.05, 3.63) is 59.1 Å². The average Bonchev–Trinajstić information content (AvgIpc) is 3.46. The summed E-state index contributed by atoms with van der Waals surface area (Å²) in [5.74, 6) is 0.746. The zero-order valence-electron chi connectivity index (χ0n) is 18.3. The van der Waals surface area contributed by atoms with Crippen molar-refractivity contribution in [3.8, 4) is 16.9 Å². The molecule has 1 amide bonds. The Bertz CT molecular complexity index is 1270. The van der Waals surface area contributed by atoms with E-state index < -0.39 is 0 Å². The van der Waals surface area contributed by atoms with Gasteiger partial charge < -0.3 is 14.8 Å². The second-order valence-electron chi connectivity index (χ2n) is 8.13. The summed E-state index contributed by atoms with van der Waals surface area (Å²) in [6, 6.07) is 14.3. The van der Waals surface area contributed by atoms with Crippen LogP contribution >= 0.6 is 11.3 Å². The molecule has 5 rings (SSSR count). The van der Waals surface area contributed by atoms with Gasteiger partial charge in [0, 0.05) is 40.4 Å². The van der Waals surface area contributed by atoms with Gasteiger partial charge in [-0.2, -0.15) is 0 Å². The predicted octanol–water partition coefficient (Wildman–Crippen LogP) is 5.73. The molecule has 1 saturated heterocycles. The van der Waals surface area contributed by atoms with Crippen molar-refractivity contribution in [1.82, 2.24) is 10.3 Å². The number of hydrogen-bond acceptors (Lipinski definition) is 5. The normalized spacial score (nSPS) is 16.0. The fourth-order valence-electron chi connectivity index (χ4n) is 4.23. The van der Waals surface area contributed by atoms with E-state index in [1.165, 1.54) is 16.9 Å². The number of thiophene rings is 1. The largest absolute Gasteiger partial charge is 0.494 e. The SMILES string of the molecule is CCOc1ccc2ncc3c(-c4ccc(C)cc4)c(C(=O)NC[C@H]4CCCO4)sc3c2c1. The average molecular weight is 447 g/mol. The van der Waals surface area contributed by atoms with Gasteiger partial charge in [0.25, 0.3) is 5.91 Å². The van der Waals surface area contributed by atoms with Crippen LogP contribution in [0.25, 0.3) is 32.1 Å². The van der Waals surface area contributed by atoms with E-state index in [0.717, 1.165) is 57.3 Å². The van der Waals surface area contributed by atoms with Crippen molar-refractivity contribution in [2.75, 3.05) is 19.8 Å². The molecule has 1 aliphatic heterocycles. The first-order valence-corrected chi connectivity index (χ1v) is 11.9. The summed E-state index contributed by atoms with van der Waals surface area (Å²) in [7, 11) is 0. The minimum atomic E-state index is -0.0635. The van der Waals surface area contributed by atoms with Gasteiger partial charge in [-0.3, -0.25) is 9.78 Å². The first kappa shape index (κ1) is 20.9. The molecule has 1 atom stereocenters. The van der Waals surface area contributed by atoms with Gasteiger partial charge in [-0.1, -0.05) is 29.8 Å². The summed E-state index contributed by atoms with van der Waals surface area (Å²) < 4.78 is 12.5. The third-order valence-electron chi connectivity index (χ3n) is 5.86. The number of amides is 1. The molecule has 6 heteroatoms. The highest BCUT2D eigenvalue weighted by Crippen LogP contribution is 2.42. The number of carbonyl (C=O) groups is 1. The third-order valence-corrected chi connectivity index (χ3v) is 7.10. The van der Waals surface area contributed by atoms with Gasteiger partial charge in [0.1, 0.15) is 10.6 Å². The Morgan fingerprint density at radius 3 is 2.81 bits per heavy atom. The number of ether oxygens (including phenoxy) is 2. The number of pyridine rings is 1. The molecule has 3 heterocycles. The Kier molecular flexibility index (Phi) is 5.81. The van der Waals surface area contributed by atoms with E-state index in [-0.39, 0.29) is 12.0 Å². The van der Waals surface area contributed by atoms with E-state index in [1.54, 1.807) is 0 Å². The van der Waals surface area contributed by atoms with E-state index in [2.05, 4.69) is 36.5 Å². The Balaban J connectivity index is 1.64. The number of nitrogens with one attached hydrogen (secondary N) is 1. The second-order valence-corrected chi connectivity index (χ2v) is 9.15. The maximum atomic E-state index is 13.3. The van der Waals surface area contributed by atoms with Crippen LogP contribution in [-0.4, -0.2) is 36.8 Å². The lowest BCUT2D eigenvalue weighted by atomic mass is 10.0. The first-order chi connectivity index (χ1) is 15.6. The number of carbonyl (C=O) groups excluding carboxylic acids is 1. The Hall–Kier alpha value is -2.96. The van der Waals surface area contributed by atoms with Gasteiger partial charge in [-0.05, 0) is 50.5 Å². The van der Waals surface area contributed by atoms with E-state index in [9.17, 15) is 4.79 Å². The molecule has 2 aromatic carbocycles. The molecule has 1 N–H and O–H groups in total. The molecule has 0 aliphatic carbocycles. The monoisotopic (exact) mass is 446 g/mol. The van der Waals surface area contributed by atoms with Gasteiger partial charge in [0.2, 0.25) is 0 Å². The molecule has 0 spiro atoms. The minimum Gasteiger partial charge on any atom is -0.494 e. The molecular weight excluding hydrogens is 420 g/mol. The van der Waals surface area contributed by atoms with Crippen molar-refractivity contribution >= 4 is 38.2 Å². The Morgan fingerprint density at radius 2 is 2.06 bits per heavy atom. The lowest BCUT2D eigenvalue weighted by Crippen LogP contribution is -2.31. The van der Waals surface area contributed by atoms with Gasteiger partial charge in [0.05, 0.1) is 18.2 Å². The van der Waals surface area contributed by atoms with E-state index in [4.69, 9.17) is 14.5 Å². The lowest BCUT2D eigenvalue weighted by molar-refractivity contribution is 0.0861. The van der Waals surface area contributed by atoms with Crippen molar-refractivity contribution in [2.45, 2.75) is 32.8 Å². The second kappa shape index (κ2) is 8.88. The molecule has 2 aromatic heterocycles. The van der Waals surface area contributed by atoms with Gasteiger partial charge in [-0.25, -0.2) is 0 Å². The highest BCUT2D eigenvalue weighted by atomic mass is 32.1. The molecule has 4 aromatic rings. The van der Waals surface area contributed by atoms with Crippen molar-refractivity contribution in [1.29, 1.82) is 0 Å². The van der Waals surface area contributed by atoms with Crippen LogP contribution in [0.15, 0.2) is 48.7 Å². The molecule has 32 heavy (non-hydrogen) atoms. The molecule has 0 bridgehead atoms. The Morgan fingerprint density at radius 1 is 1.22 bits per heavy atom. The zero-order chi connectivity index (χ0) is 22.1. The topological polar surface area (TPSA) is 60.5 Å². The smallest absolute Gasteiger partial charge is 0.262 e. The molecule has 0 radical (unpaired) electrons. The number of fused-ring (bicyclic) bond motifs is 3. The van der Waals surface area contributed by atoms with Crippen LogP contribution in [-0.2, 0) is 4.74 Å². The molecule has 1 aliphatic rings. The van der Waals surface area contributed by atoms with Crippen molar-refractivity contribution in [3.63, 3.8) is 0 Å². The highest BCUT2D eigenvalue weighted by Gasteiger charge is 2.23. The van der Waals surface area contributed by atoms with Crippen LogP contribution in [0.3, 0.4) is 0 Å². The summed E-state index contributed by atoms with van der Waals surface area (Å²) in [5.41, 5.74) is 4.03. The van der Waals surface area contributed by atoms with E-state index in [0.29, 0.717) is 18.0 Å². The zero-order valence-corrected chi connectivity index (χ0v) is 19.1. The number of hydrogen-bond donors (Lipinski definition) is 1. The molecule has 5 nitrogen and oxygen atoms in total. The maximum Gasteiger partial charge on any atom is 0.262 e. The molecule has 164 valence electrons. The summed E-state index contributed by atoms with van der Waals surface area (Å²) >= 11 is 1.52. The molecule has 0 saturated carbocycles. The highest BCUT2D eigenvalue weighted by molar-refractivity contribution is 7.22. The third kappa shape index (κ3) is 3.96. The van der Waals surface area contributed by atoms with Crippen LogP contribution < -0.4 is 10.1 Å². The van der Waals surface area contributed by atoms with E-state index in [1.807, 2.05) is 31.3 Å². The number of rotatable bonds is 6. The summed E-state index contributed by atoms with van der Waals surface area (Å²) in [4.78, 5) is 18.7. The summed E-state index contributed by atoms with van der Waals surface area (Å²) in [5, 5.41) is 5.10. The van der Waals surface area contributed by atoms with Gasteiger partial charge in [0.15, 0.2) is 0 Å². The van der Waals surface area contributed by atoms with Crippen LogP contribution in [0, 0.1) is 6.92 Å². The predicted molar refractivity (Wildman–Crippen MR) is 130 cm³/mol. The van der Waals surface area contributed by atoms with Crippen molar-refractivity contribution < 1.29 is 14.3 Å². The number of aromatic nitrogens is 1. The fraction of sp³-hybridized carbons (Fsp3) is 0.308. The number of benzene rings is 2. The first-order valence-electron chi connectivity index (χ1n) is 11.1. The molecular formula is C26H26N2O3S. The minimum absolute atomic E-state index is 0.0635. The van der Waals surface area contributed by atoms with Gasteiger partial charge >= 0.3 is 0 Å². The van der Waals surface area contributed by atoms with Gasteiger partial charge in [-0.15, -0.1) is 11.3 Å². The standard InChI is InChI=1S/C26H26N2O3S/c1-3-30-18-10-11-22-20(13-18)24-21(15-27-22)23(17-8-6-16(2)7-9-17)25(32-24)26(29)28-14-19-5-4-12-31-19/h6-11,13,15,19H,3-5,12,14H2,1-2H3,(H,28,29)/t19-/m1/s1. The lowest BCUT2D eigenvalue weighted by Gasteiger charge is -2.11. The van der Waals surface area contributed by atoms with Crippen LogP contribution in [0.4, 0.5) is 0 Å². The number of aryl methyl sites for hydroxylation is 1. The van der Waals surface area contributed by atoms with Crippen LogP contribution in [0.2, 0.25) is 0 Å².